The molecule has 0 spiro atoms. The average molecular weight is 455 g/mol. The second-order valence-corrected chi connectivity index (χ2v) is 8.76. The summed E-state index contributed by atoms with van der Waals surface area (Å²) in [6.07, 6.45) is -4.40. The first-order valence-electron chi connectivity index (χ1n) is 8.07. The lowest BCUT2D eigenvalue weighted by atomic mass is 9.90. The molecule has 1 aliphatic rings. The predicted octanol–water partition coefficient (Wildman–Crippen LogP) is 4.06. The molecular formula is C17H15Cl2F3N2O3S. The molecule has 2 aromatic carbocycles. The van der Waals surface area contributed by atoms with Gasteiger partial charge < -0.3 is 10.1 Å². The summed E-state index contributed by atoms with van der Waals surface area (Å²) in [5.41, 5.74) is -0.332. The Bertz CT molecular complexity index is 961. The maximum absolute atomic E-state index is 12.9. The zero-order chi connectivity index (χ0) is 20.6. The molecule has 2 N–H and O–H groups in total. The van der Waals surface area contributed by atoms with Crippen LogP contribution in [0.3, 0.4) is 0 Å². The molecule has 152 valence electrons. The van der Waals surface area contributed by atoms with Gasteiger partial charge in [0.05, 0.1) is 20.5 Å². The Kier molecular flexibility index (Phi) is 5.84. The van der Waals surface area contributed by atoms with Gasteiger partial charge in [-0.15, -0.1) is 13.2 Å². The van der Waals surface area contributed by atoms with Crippen molar-refractivity contribution in [2.45, 2.75) is 23.2 Å². The molecule has 0 bridgehead atoms. The third-order valence-electron chi connectivity index (χ3n) is 4.32. The van der Waals surface area contributed by atoms with Crippen LogP contribution in [0, 0.1) is 0 Å². The van der Waals surface area contributed by atoms with E-state index in [4.69, 9.17) is 23.2 Å². The number of nitrogens with one attached hydrogen (secondary N) is 2. The van der Waals surface area contributed by atoms with Gasteiger partial charge in [-0.1, -0.05) is 29.3 Å². The lowest BCUT2D eigenvalue weighted by Gasteiger charge is -2.30. The number of hydrogen-bond acceptors (Lipinski definition) is 4. The Hall–Kier alpha value is -1.52. The normalized spacial score (nSPS) is 20.3. The highest BCUT2D eigenvalue weighted by Crippen LogP contribution is 2.34. The number of benzene rings is 2. The van der Waals surface area contributed by atoms with Gasteiger partial charge in [-0.3, -0.25) is 0 Å². The van der Waals surface area contributed by atoms with Gasteiger partial charge in [0.1, 0.15) is 5.75 Å². The minimum Gasteiger partial charge on any atom is -0.406 e. The first kappa shape index (κ1) is 21.2. The van der Waals surface area contributed by atoms with Crippen molar-refractivity contribution in [3.8, 4) is 5.75 Å². The van der Waals surface area contributed by atoms with Gasteiger partial charge in [-0.2, -0.15) is 4.72 Å². The van der Waals surface area contributed by atoms with Crippen molar-refractivity contribution in [1.82, 2.24) is 10.0 Å². The number of rotatable bonds is 5. The van der Waals surface area contributed by atoms with Crippen LogP contribution < -0.4 is 14.8 Å². The largest absolute Gasteiger partial charge is 0.573 e. The van der Waals surface area contributed by atoms with Crippen molar-refractivity contribution in [3.05, 3.63) is 58.1 Å². The van der Waals surface area contributed by atoms with Crippen molar-refractivity contribution in [1.29, 1.82) is 0 Å². The van der Waals surface area contributed by atoms with Crippen LogP contribution in [0.15, 0.2) is 47.4 Å². The van der Waals surface area contributed by atoms with E-state index in [-0.39, 0.29) is 4.90 Å². The molecule has 1 saturated heterocycles. The monoisotopic (exact) mass is 454 g/mol. The van der Waals surface area contributed by atoms with Crippen LogP contribution in [-0.2, 0) is 15.6 Å². The van der Waals surface area contributed by atoms with Crippen LogP contribution in [0.1, 0.15) is 12.0 Å². The molecule has 1 fully saturated rings. The molecule has 0 unspecified atom stereocenters. The summed E-state index contributed by atoms with van der Waals surface area (Å²) in [6.45, 7) is 0.889. The minimum atomic E-state index is -4.86. The van der Waals surface area contributed by atoms with Crippen molar-refractivity contribution in [2.75, 3.05) is 13.1 Å². The van der Waals surface area contributed by atoms with Crippen LogP contribution in [0.2, 0.25) is 10.0 Å². The van der Waals surface area contributed by atoms with Crippen LogP contribution in [-0.4, -0.2) is 27.9 Å². The van der Waals surface area contributed by atoms with E-state index in [0.29, 0.717) is 35.1 Å². The molecule has 2 aromatic rings. The summed E-state index contributed by atoms with van der Waals surface area (Å²) < 4.78 is 68.9. The maximum atomic E-state index is 12.9. The maximum Gasteiger partial charge on any atom is 0.573 e. The Morgan fingerprint density at radius 3 is 2.29 bits per heavy atom. The number of ether oxygens (including phenoxy) is 1. The standard InChI is InChI=1S/C17H15Cl2F3N2O3S/c18-14-6-1-11(9-15(14)19)16(7-8-23-10-16)24-28(25,26)13-4-2-12(3-5-13)27-17(20,21)22/h1-6,9,23-24H,7-8,10H2/t16-/m1/s1. The molecular weight excluding hydrogens is 440 g/mol. The highest BCUT2D eigenvalue weighted by atomic mass is 35.5. The van der Waals surface area contributed by atoms with E-state index >= 15 is 0 Å². The van der Waals surface area contributed by atoms with E-state index < -0.39 is 27.7 Å². The predicted molar refractivity (Wildman–Crippen MR) is 99.1 cm³/mol. The van der Waals surface area contributed by atoms with Gasteiger partial charge in [0.15, 0.2) is 0 Å². The van der Waals surface area contributed by atoms with Crippen molar-refractivity contribution >= 4 is 33.2 Å². The molecule has 3 rings (SSSR count). The Balaban J connectivity index is 1.89. The van der Waals surface area contributed by atoms with Gasteiger partial charge in [0.2, 0.25) is 10.0 Å². The van der Waals surface area contributed by atoms with Crippen LogP contribution in [0.4, 0.5) is 13.2 Å². The lowest BCUT2D eigenvalue weighted by molar-refractivity contribution is -0.274. The SMILES string of the molecule is O=S(=O)(N[C@]1(c2ccc(Cl)c(Cl)c2)CCNC1)c1ccc(OC(F)(F)F)cc1. The zero-order valence-corrected chi connectivity index (χ0v) is 16.5. The van der Waals surface area contributed by atoms with E-state index in [1.54, 1.807) is 18.2 Å². The third kappa shape index (κ3) is 4.72. The Morgan fingerprint density at radius 2 is 1.75 bits per heavy atom. The first-order chi connectivity index (χ1) is 13.0. The molecule has 1 heterocycles. The molecule has 0 aliphatic carbocycles. The fourth-order valence-electron chi connectivity index (χ4n) is 3.01. The van der Waals surface area contributed by atoms with Crippen LogP contribution in [0.5, 0.6) is 5.75 Å². The van der Waals surface area contributed by atoms with Gasteiger partial charge in [-0.05, 0) is 54.9 Å². The van der Waals surface area contributed by atoms with Crippen molar-refractivity contribution in [3.63, 3.8) is 0 Å². The summed E-state index contributed by atoms with van der Waals surface area (Å²) in [5.74, 6) is -0.506. The second-order valence-electron chi connectivity index (χ2n) is 6.26. The van der Waals surface area contributed by atoms with Crippen molar-refractivity contribution in [2.24, 2.45) is 0 Å². The number of sulfonamides is 1. The van der Waals surface area contributed by atoms with Crippen LogP contribution >= 0.6 is 23.2 Å². The molecule has 1 aliphatic heterocycles. The average Bonchev–Trinajstić information content (AvgIpc) is 3.05. The van der Waals surface area contributed by atoms with Crippen molar-refractivity contribution < 1.29 is 26.3 Å². The summed E-state index contributed by atoms with van der Waals surface area (Å²) in [5, 5.41) is 3.74. The van der Waals surface area contributed by atoms with Gasteiger partial charge in [0.25, 0.3) is 0 Å². The second kappa shape index (κ2) is 7.72. The summed E-state index contributed by atoms with van der Waals surface area (Å²) >= 11 is 12.0. The van der Waals surface area contributed by atoms with E-state index in [1.165, 1.54) is 0 Å². The summed E-state index contributed by atoms with van der Waals surface area (Å²) in [7, 11) is -4.04. The van der Waals surface area contributed by atoms with E-state index in [1.807, 2.05) is 0 Å². The van der Waals surface area contributed by atoms with E-state index in [9.17, 15) is 21.6 Å². The number of halogens is 5. The number of alkyl halides is 3. The molecule has 0 aromatic heterocycles. The molecule has 0 saturated carbocycles. The van der Waals surface area contributed by atoms with E-state index in [2.05, 4.69) is 14.8 Å². The van der Waals surface area contributed by atoms with Gasteiger partial charge in [0, 0.05) is 6.54 Å². The Labute approximate surface area is 169 Å². The topological polar surface area (TPSA) is 67.4 Å². The fraction of sp³-hybridized carbons (Fsp3) is 0.294. The van der Waals surface area contributed by atoms with Gasteiger partial charge in [-0.25, -0.2) is 8.42 Å². The van der Waals surface area contributed by atoms with Gasteiger partial charge >= 0.3 is 6.36 Å². The van der Waals surface area contributed by atoms with Crippen LogP contribution in [0.25, 0.3) is 0 Å². The highest BCUT2D eigenvalue weighted by Gasteiger charge is 2.40. The minimum absolute atomic E-state index is 0.187. The first-order valence-corrected chi connectivity index (χ1v) is 10.3. The molecule has 1 atom stereocenters. The molecule has 0 amide bonds. The smallest absolute Gasteiger partial charge is 0.406 e. The molecule has 0 radical (unpaired) electrons. The summed E-state index contributed by atoms with van der Waals surface area (Å²) in [6, 6.07) is 8.85. The quantitative estimate of drug-likeness (QED) is 0.714. The fourth-order valence-corrected chi connectivity index (χ4v) is 4.73. The molecule has 28 heavy (non-hydrogen) atoms. The Morgan fingerprint density at radius 1 is 1.07 bits per heavy atom. The summed E-state index contributed by atoms with van der Waals surface area (Å²) in [4.78, 5) is -0.187. The molecule has 11 heteroatoms. The van der Waals surface area contributed by atoms with E-state index in [0.717, 1.165) is 24.3 Å². The lowest BCUT2D eigenvalue weighted by Crippen LogP contribution is -2.47. The molecule has 5 nitrogen and oxygen atoms in total. The number of hydrogen-bond donors (Lipinski definition) is 2. The zero-order valence-electron chi connectivity index (χ0n) is 14.2. The third-order valence-corrected chi connectivity index (χ3v) is 6.62. The highest BCUT2D eigenvalue weighted by molar-refractivity contribution is 7.89.